The van der Waals surface area contributed by atoms with Crippen molar-refractivity contribution in [1.82, 2.24) is 9.97 Å². The lowest BCUT2D eigenvalue weighted by Crippen LogP contribution is -2.58. The molecule has 0 radical (unpaired) electrons. The molecule has 156 valence electrons. The van der Waals surface area contributed by atoms with E-state index in [4.69, 9.17) is 5.73 Å². The Hall–Kier alpha value is -2.65. The fourth-order valence-corrected chi connectivity index (χ4v) is 6.39. The van der Waals surface area contributed by atoms with Crippen LogP contribution in [0.5, 0.6) is 0 Å². The lowest BCUT2D eigenvalue weighted by molar-refractivity contribution is -0.0591. The first-order valence-corrected chi connectivity index (χ1v) is 11.1. The molecule has 5 atom stereocenters. The maximum Gasteiger partial charge on any atom is 0.224 e. The van der Waals surface area contributed by atoms with Gasteiger partial charge in [0.1, 0.15) is 17.5 Å². The van der Waals surface area contributed by atoms with Gasteiger partial charge in [0.15, 0.2) is 0 Å². The Balaban J connectivity index is 1.29. The topological polar surface area (TPSA) is 99.7 Å². The zero-order valence-electron chi connectivity index (χ0n) is 17.6. The van der Waals surface area contributed by atoms with Gasteiger partial charge in [0.2, 0.25) is 5.95 Å². The molecule has 0 spiro atoms. The van der Waals surface area contributed by atoms with E-state index in [1.54, 1.807) is 6.20 Å². The summed E-state index contributed by atoms with van der Waals surface area (Å²) in [7, 11) is 0. The van der Waals surface area contributed by atoms with E-state index in [1.165, 1.54) is 43.2 Å². The van der Waals surface area contributed by atoms with Gasteiger partial charge in [-0.1, -0.05) is 24.3 Å². The normalized spacial score (nSPS) is 31.4. The minimum Gasteiger partial charge on any atom is -0.368 e. The Morgan fingerprint density at radius 1 is 1.17 bits per heavy atom. The van der Waals surface area contributed by atoms with Gasteiger partial charge in [-0.15, -0.1) is 0 Å². The number of hydrogen-bond donors (Lipinski definition) is 3. The number of rotatable bonds is 6. The van der Waals surface area contributed by atoms with Gasteiger partial charge >= 0.3 is 0 Å². The number of nitrogens with one attached hydrogen (secondary N) is 2. The minimum atomic E-state index is 0.304. The van der Waals surface area contributed by atoms with Gasteiger partial charge < -0.3 is 16.4 Å². The summed E-state index contributed by atoms with van der Waals surface area (Å²) >= 11 is 0. The highest BCUT2D eigenvalue weighted by atomic mass is 15.1. The molecule has 6 nitrogen and oxygen atoms in total. The fourth-order valence-electron chi connectivity index (χ4n) is 6.39. The fraction of sp³-hybridized carbons (Fsp3) is 0.542. The molecule has 6 rings (SSSR count). The van der Waals surface area contributed by atoms with Gasteiger partial charge in [0, 0.05) is 19.1 Å². The van der Waals surface area contributed by atoms with Crippen LogP contribution in [0.4, 0.5) is 11.8 Å². The predicted octanol–water partition coefficient (Wildman–Crippen LogP) is 3.83. The average molecular weight is 403 g/mol. The van der Waals surface area contributed by atoms with E-state index in [2.05, 4.69) is 45.7 Å². The van der Waals surface area contributed by atoms with Crippen molar-refractivity contribution in [1.29, 1.82) is 5.26 Å². The van der Waals surface area contributed by atoms with Crippen LogP contribution in [0.3, 0.4) is 0 Å². The standard InChI is InChI=1S/C24H30N6/c1-15-4-2-3-5-17(15)12-27-23-28-13-20(11-25)22(30-23)29-14-24-8-16-6-18(9-24)21(26)19(7-16)10-24/h2-5,13,16,18-19,21H,6-10,12,14,26H2,1H3,(H2,27,28,29,30)/t16?,18-,19+,21-,24+. The van der Waals surface area contributed by atoms with Crippen LogP contribution < -0.4 is 16.4 Å². The van der Waals surface area contributed by atoms with Gasteiger partial charge in [-0.3, -0.25) is 0 Å². The molecular weight excluding hydrogens is 372 g/mol. The molecule has 1 aromatic heterocycles. The van der Waals surface area contributed by atoms with Crippen LogP contribution >= 0.6 is 0 Å². The first kappa shape index (κ1) is 19.3. The van der Waals surface area contributed by atoms with Crippen LogP contribution in [0, 0.1) is 41.4 Å². The van der Waals surface area contributed by atoms with E-state index >= 15 is 0 Å². The Morgan fingerprint density at radius 2 is 1.93 bits per heavy atom. The summed E-state index contributed by atoms with van der Waals surface area (Å²) in [5, 5.41) is 16.4. The first-order chi connectivity index (χ1) is 14.5. The largest absolute Gasteiger partial charge is 0.368 e. The highest BCUT2D eigenvalue weighted by Gasteiger charge is 2.54. The van der Waals surface area contributed by atoms with Crippen molar-refractivity contribution in [3.05, 3.63) is 47.2 Å². The van der Waals surface area contributed by atoms with Gasteiger partial charge in [0.25, 0.3) is 0 Å². The van der Waals surface area contributed by atoms with Crippen molar-refractivity contribution in [3.8, 4) is 6.07 Å². The van der Waals surface area contributed by atoms with E-state index < -0.39 is 0 Å². The molecule has 0 amide bonds. The van der Waals surface area contributed by atoms with E-state index in [0.29, 0.717) is 47.2 Å². The molecule has 4 bridgehead atoms. The number of hydrogen-bond acceptors (Lipinski definition) is 6. The lowest BCUT2D eigenvalue weighted by atomic mass is 9.48. The highest BCUT2D eigenvalue weighted by molar-refractivity contribution is 5.53. The van der Waals surface area contributed by atoms with E-state index in [1.807, 2.05) is 12.1 Å². The molecule has 4 N–H and O–H groups in total. The Kier molecular flexibility index (Phi) is 4.86. The Labute approximate surface area is 178 Å². The summed E-state index contributed by atoms with van der Waals surface area (Å²) in [5.41, 5.74) is 9.75. The summed E-state index contributed by atoms with van der Waals surface area (Å²) in [6.45, 7) is 3.62. The molecule has 4 aliphatic carbocycles. The molecular formula is C24H30N6. The van der Waals surface area contributed by atoms with Gasteiger partial charge in [-0.05, 0) is 73.3 Å². The summed E-state index contributed by atoms with van der Waals surface area (Å²) in [5.74, 6) is 3.36. The van der Waals surface area contributed by atoms with Crippen LogP contribution in [0.15, 0.2) is 30.5 Å². The van der Waals surface area contributed by atoms with Crippen molar-refractivity contribution in [2.75, 3.05) is 17.2 Å². The smallest absolute Gasteiger partial charge is 0.224 e. The van der Waals surface area contributed by atoms with Crippen molar-refractivity contribution in [3.63, 3.8) is 0 Å². The second-order valence-corrected chi connectivity index (χ2v) is 9.75. The van der Waals surface area contributed by atoms with Gasteiger partial charge in [-0.25, -0.2) is 4.98 Å². The monoisotopic (exact) mass is 402 g/mol. The number of nitrogens with two attached hydrogens (primary N) is 1. The lowest BCUT2D eigenvalue weighted by Gasteiger charge is -2.59. The van der Waals surface area contributed by atoms with E-state index in [9.17, 15) is 5.26 Å². The summed E-state index contributed by atoms with van der Waals surface area (Å²) < 4.78 is 0. The van der Waals surface area contributed by atoms with E-state index in [-0.39, 0.29) is 0 Å². The molecule has 0 aliphatic heterocycles. The van der Waals surface area contributed by atoms with Gasteiger partial charge in [0.05, 0.1) is 6.20 Å². The third-order valence-corrected chi connectivity index (χ3v) is 7.71. The summed E-state index contributed by atoms with van der Waals surface area (Å²) in [6, 6.07) is 10.9. The third kappa shape index (κ3) is 3.52. The number of benzene rings is 1. The highest BCUT2D eigenvalue weighted by Crippen LogP contribution is 2.59. The third-order valence-electron chi connectivity index (χ3n) is 7.71. The van der Waals surface area contributed by atoms with Crippen molar-refractivity contribution < 1.29 is 0 Å². The summed E-state index contributed by atoms with van der Waals surface area (Å²) in [4.78, 5) is 8.98. The molecule has 1 aromatic carbocycles. The molecule has 4 saturated carbocycles. The molecule has 1 heterocycles. The predicted molar refractivity (Wildman–Crippen MR) is 118 cm³/mol. The van der Waals surface area contributed by atoms with E-state index in [0.717, 1.165) is 12.5 Å². The maximum atomic E-state index is 9.54. The number of nitriles is 1. The Bertz CT molecular complexity index is 964. The molecule has 0 saturated heterocycles. The van der Waals surface area contributed by atoms with Crippen molar-refractivity contribution in [2.45, 2.75) is 51.6 Å². The zero-order valence-corrected chi connectivity index (χ0v) is 17.6. The second kappa shape index (κ2) is 7.55. The molecule has 2 aromatic rings. The number of aryl methyl sites for hydroxylation is 1. The summed E-state index contributed by atoms with van der Waals surface area (Å²) in [6.07, 6.45) is 7.93. The Morgan fingerprint density at radius 3 is 2.67 bits per heavy atom. The SMILES string of the molecule is Cc1ccccc1CNc1ncc(C#N)c(NC[C@@]23CC4C[C@H](C2)[C@@H](N)[C@@H](C4)C3)n1. The van der Waals surface area contributed by atoms with Crippen molar-refractivity contribution in [2.24, 2.45) is 28.9 Å². The quantitative estimate of drug-likeness (QED) is 0.679. The maximum absolute atomic E-state index is 9.54. The first-order valence-electron chi connectivity index (χ1n) is 11.1. The van der Waals surface area contributed by atoms with Crippen LogP contribution in [0.25, 0.3) is 0 Å². The molecule has 30 heavy (non-hydrogen) atoms. The molecule has 4 aliphatic rings. The number of anilines is 2. The van der Waals surface area contributed by atoms with Crippen LogP contribution in [-0.2, 0) is 6.54 Å². The average Bonchev–Trinajstić information content (AvgIpc) is 2.75. The minimum absolute atomic E-state index is 0.304. The second-order valence-electron chi connectivity index (χ2n) is 9.75. The number of aromatic nitrogens is 2. The molecule has 4 fully saturated rings. The van der Waals surface area contributed by atoms with Crippen LogP contribution in [0.2, 0.25) is 0 Å². The van der Waals surface area contributed by atoms with Crippen LogP contribution in [0.1, 0.15) is 48.8 Å². The molecule has 6 heteroatoms. The molecule has 1 unspecified atom stereocenters. The zero-order chi connectivity index (χ0) is 20.7. The van der Waals surface area contributed by atoms with Gasteiger partial charge in [-0.2, -0.15) is 10.2 Å². The van der Waals surface area contributed by atoms with Crippen LogP contribution in [-0.4, -0.2) is 22.6 Å². The van der Waals surface area contributed by atoms with Crippen molar-refractivity contribution >= 4 is 11.8 Å². The number of nitrogens with zero attached hydrogens (tertiary/aromatic N) is 3.